The highest BCUT2D eigenvalue weighted by Gasteiger charge is 2.28. The van der Waals surface area contributed by atoms with Gasteiger partial charge in [-0.15, -0.1) is 0 Å². The van der Waals surface area contributed by atoms with Gasteiger partial charge in [-0.25, -0.2) is 4.98 Å². The lowest BCUT2D eigenvalue weighted by molar-refractivity contribution is -0.385. The van der Waals surface area contributed by atoms with Gasteiger partial charge in [0.1, 0.15) is 5.69 Å². The topological polar surface area (TPSA) is 107 Å². The zero-order chi connectivity index (χ0) is 14.0. The van der Waals surface area contributed by atoms with Crippen molar-refractivity contribution in [1.82, 2.24) is 9.97 Å². The molecule has 1 fully saturated rings. The molecular weight excluding hydrogens is 266 g/mol. The quantitative estimate of drug-likeness (QED) is 0.642. The van der Waals surface area contributed by atoms with E-state index in [0.717, 1.165) is 19.3 Å². The van der Waals surface area contributed by atoms with Crippen molar-refractivity contribution < 1.29 is 4.92 Å². The maximum Gasteiger partial charge on any atom is 0.332 e. The smallest absolute Gasteiger partial charge is 0.332 e. The molecule has 2 unspecified atom stereocenters. The van der Waals surface area contributed by atoms with Crippen molar-refractivity contribution in [3.05, 3.63) is 15.8 Å². The van der Waals surface area contributed by atoms with E-state index >= 15 is 0 Å². The Morgan fingerprint density at radius 3 is 2.79 bits per heavy atom. The minimum Gasteiger partial charge on any atom is -0.368 e. The summed E-state index contributed by atoms with van der Waals surface area (Å²) in [5.41, 5.74) is 5.78. The Morgan fingerprint density at radius 1 is 1.47 bits per heavy atom. The highest BCUT2D eigenvalue weighted by molar-refractivity contribution is 7.99. The van der Waals surface area contributed by atoms with Crippen LogP contribution in [0.15, 0.2) is 0 Å². The molecule has 0 aliphatic heterocycles. The first kappa shape index (κ1) is 13.9. The van der Waals surface area contributed by atoms with Gasteiger partial charge >= 0.3 is 5.69 Å². The van der Waals surface area contributed by atoms with E-state index in [0.29, 0.717) is 10.9 Å². The summed E-state index contributed by atoms with van der Waals surface area (Å²) >= 11 is 1.83. The van der Waals surface area contributed by atoms with Crippen LogP contribution in [-0.2, 0) is 0 Å². The third-order valence-corrected chi connectivity index (χ3v) is 4.41. The second kappa shape index (κ2) is 5.60. The second-order valence-corrected chi connectivity index (χ2v) is 5.77. The fourth-order valence-electron chi connectivity index (χ4n) is 2.39. The summed E-state index contributed by atoms with van der Waals surface area (Å²) in [7, 11) is 0. The largest absolute Gasteiger partial charge is 0.368 e. The zero-order valence-electron chi connectivity index (χ0n) is 10.9. The predicted molar refractivity (Wildman–Crippen MR) is 76.4 cm³/mol. The van der Waals surface area contributed by atoms with E-state index in [9.17, 15) is 10.1 Å². The van der Waals surface area contributed by atoms with E-state index in [-0.39, 0.29) is 23.5 Å². The molecule has 2 rings (SSSR count). The van der Waals surface area contributed by atoms with E-state index in [4.69, 9.17) is 5.73 Å². The fourth-order valence-corrected chi connectivity index (χ4v) is 3.18. The molecule has 3 N–H and O–H groups in total. The first-order chi connectivity index (χ1) is 9.01. The van der Waals surface area contributed by atoms with Crippen molar-refractivity contribution >= 4 is 29.2 Å². The Kier molecular flexibility index (Phi) is 4.08. The molecule has 0 spiro atoms. The molecule has 0 saturated heterocycles. The molecule has 1 heterocycles. The van der Waals surface area contributed by atoms with Crippen molar-refractivity contribution in [2.45, 2.75) is 37.5 Å². The molecule has 1 aliphatic rings. The van der Waals surface area contributed by atoms with Crippen LogP contribution >= 0.6 is 11.8 Å². The number of nitrogens with zero attached hydrogens (tertiary/aromatic N) is 3. The van der Waals surface area contributed by atoms with Crippen LogP contribution in [0.25, 0.3) is 0 Å². The zero-order valence-corrected chi connectivity index (χ0v) is 11.7. The number of aryl methyl sites for hydroxylation is 1. The summed E-state index contributed by atoms with van der Waals surface area (Å²) in [6.07, 6.45) is 5.18. The molecule has 1 aliphatic carbocycles. The third kappa shape index (κ3) is 3.06. The minimum atomic E-state index is -0.460. The summed E-state index contributed by atoms with van der Waals surface area (Å²) < 4.78 is 0. The van der Waals surface area contributed by atoms with Gasteiger partial charge in [0.05, 0.1) is 4.92 Å². The number of anilines is 2. The first-order valence-electron chi connectivity index (χ1n) is 6.09. The van der Waals surface area contributed by atoms with Crippen molar-refractivity contribution in [3.63, 3.8) is 0 Å². The number of rotatable bonds is 4. The van der Waals surface area contributed by atoms with Gasteiger partial charge < -0.3 is 11.1 Å². The number of nitrogens with two attached hydrogens (primary N) is 1. The summed E-state index contributed by atoms with van der Waals surface area (Å²) in [5.74, 6) is 0.298. The second-order valence-electron chi connectivity index (χ2n) is 4.63. The van der Waals surface area contributed by atoms with Gasteiger partial charge in [0.25, 0.3) is 0 Å². The van der Waals surface area contributed by atoms with E-state index in [1.54, 1.807) is 6.92 Å². The average Bonchev–Trinajstić information content (AvgIpc) is 2.75. The lowest BCUT2D eigenvalue weighted by atomic mass is 10.2. The van der Waals surface area contributed by atoms with Gasteiger partial charge in [0, 0.05) is 11.3 Å². The maximum absolute atomic E-state index is 11.1. The van der Waals surface area contributed by atoms with Crippen LogP contribution in [0.1, 0.15) is 25.0 Å². The lowest BCUT2D eigenvalue weighted by Crippen LogP contribution is -2.19. The maximum atomic E-state index is 11.1. The average molecular weight is 283 g/mol. The molecule has 1 aromatic rings. The molecule has 0 amide bonds. The van der Waals surface area contributed by atoms with Gasteiger partial charge in [-0.1, -0.05) is 0 Å². The van der Waals surface area contributed by atoms with Crippen LogP contribution in [0.5, 0.6) is 0 Å². The number of nitro groups is 1. The highest BCUT2D eigenvalue weighted by Crippen LogP contribution is 2.33. The number of nitrogen functional groups attached to an aromatic ring is 1. The van der Waals surface area contributed by atoms with E-state index < -0.39 is 4.92 Å². The van der Waals surface area contributed by atoms with Crippen molar-refractivity contribution in [1.29, 1.82) is 0 Å². The fraction of sp³-hybridized carbons (Fsp3) is 0.636. The van der Waals surface area contributed by atoms with Gasteiger partial charge in [-0.2, -0.15) is 16.7 Å². The Hall–Kier alpha value is -1.57. The molecule has 7 nitrogen and oxygen atoms in total. The number of aromatic nitrogens is 2. The van der Waals surface area contributed by atoms with E-state index in [1.807, 2.05) is 11.8 Å². The molecule has 0 aromatic carbocycles. The van der Waals surface area contributed by atoms with Crippen LogP contribution < -0.4 is 11.1 Å². The molecule has 104 valence electrons. The monoisotopic (exact) mass is 283 g/mol. The SMILES string of the molecule is CSC1CCC(Nc2nc(N)nc(C)c2[N+](=O)[O-])C1. The van der Waals surface area contributed by atoms with E-state index in [2.05, 4.69) is 21.5 Å². The Labute approximate surface area is 115 Å². The first-order valence-corrected chi connectivity index (χ1v) is 7.38. The summed E-state index contributed by atoms with van der Waals surface area (Å²) in [6, 6.07) is 0.213. The Bertz CT molecular complexity index is 496. The van der Waals surface area contributed by atoms with Gasteiger partial charge in [-0.05, 0) is 32.4 Å². The standard InChI is InChI=1S/C11H17N5O2S/c1-6-9(16(17)18)10(15-11(12)13-6)14-7-3-4-8(5-7)19-2/h7-8H,3-5H2,1-2H3,(H3,12,13,14,15). The number of nitrogens with one attached hydrogen (secondary N) is 1. The Morgan fingerprint density at radius 2 is 2.21 bits per heavy atom. The number of thioether (sulfide) groups is 1. The van der Waals surface area contributed by atoms with Crippen molar-refractivity contribution in [2.75, 3.05) is 17.3 Å². The lowest BCUT2D eigenvalue weighted by Gasteiger charge is -2.14. The van der Waals surface area contributed by atoms with Crippen LogP contribution in [0.4, 0.5) is 17.5 Å². The molecule has 8 heteroatoms. The summed E-state index contributed by atoms with van der Waals surface area (Å²) in [4.78, 5) is 18.4. The summed E-state index contributed by atoms with van der Waals surface area (Å²) in [6.45, 7) is 1.57. The van der Waals surface area contributed by atoms with Gasteiger partial charge in [0.15, 0.2) is 0 Å². The predicted octanol–water partition coefficient (Wildman–Crippen LogP) is 1.97. The number of hydrogen-bond donors (Lipinski definition) is 2. The normalized spacial score (nSPS) is 22.4. The molecular formula is C11H17N5O2S. The van der Waals surface area contributed by atoms with Crippen LogP contribution in [0.2, 0.25) is 0 Å². The molecule has 1 aromatic heterocycles. The molecule has 2 atom stereocenters. The van der Waals surface area contributed by atoms with Crippen LogP contribution in [0, 0.1) is 17.0 Å². The molecule has 0 radical (unpaired) electrons. The third-order valence-electron chi connectivity index (χ3n) is 3.32. The van der Waals surface area contributed by atoms with Crippen molar-refractivity contribution in [3.8, 4) is 0 Å². The van der Waals surface area contributed by atoms with Crippen LogP contribution in [0.3, 0.4) is 0 Å². The highest BCUT2D eigenvalue weighted by atomic mass is 32.2. The van der Waals surface area contributed by atoms with Crippen LogP contribution in [-0.4, -0.2) is 32.4 Å². The van der Waals surface area contributed by atoms with Gasteiger partial charge in [0.2, 0.25) is 11.8 Å². The molecule has 0 bridgehead atoms. The molecule has 19 heavy (non-hydrogen) atoms. The molecule has 1 saturated carbocycles. The minimum absolute atomic E-state index is 0.0602. The summed E-state index contributed by atoms with van der Waals surface area (Å²) in [5, 5.41) is 14.8. The van der Waals surface area contributed by atoms with Crippen molar-refractivity contribution in [2.24, 2.45) is 0 Å². The Balaban J connectivity index is 2.22. The van der Waals surface area contributed by atoms with Gasteiger partial charge in [-0.3, -0.25) is 10.1 Å². The number of hydrogen-bond acceptors (Lipinski definition) is 7. The van der Waals surface area contributed by atoms with E-state index in [1.165, 1.54) is 0 Å².